The molecule has 0 amide bonds. The maximum atomic E-state index is 6.96. The van der Waals surface area contributed by atoms with E-state index in [2.05, 4.69) is 361 Å². The van der Waals surface area contributed by atoms with Gasteiger partial charge in [-0.15, -0.1) is 0 Å². The van der Waals surface area contributed by atoms with E-state index in [1.54, 1.807) is 0 Å². The summed E-state index contributed by atoms with van der Waals surface area (Å²) in [6, 6.07) is 141. The number of nitrogens with zero attached hydrogens (tertiary/aromatic N) is 6. The SMILES string of the molecule is c1ccc(-c2cccc(-c3nc(-c4ccccc4)nc4c3oc3c(-c5cccc(-c6ccc7c8ccccc8n(-c8ccccc8)c7c6)c5)cccc34)c2)cc1.c1ccc(-c2cccc(-c3nc(-c4ccccc4)nc4c3oc3c(-c5cccc(-c6cccc7c8ccccc8n(-c8ccccc8)c67)c5)cccc34)c2)cc1. The molecule has 524 valence electrons. The van der Waals surface area contributed by atoms with E-state index >= 15 is 0 Å². The Kier molecular flexibility index (Phi) is 16.1. The lowest BCUT2D eigenvalue weighted by atomic mass is 9.96. The highest BCUT2D eigenvalue weighted by molar-refractivity contribution is 6.16. The second-order valence-corrected chi connectivity index (χ2v) is 28.3. The average molecular weight is 1430 g/mol. The summed E-state index contributed by atoms with van der Waals surface area (Å²) in [5, 5.41) is 6.84. The summed E-state index contributed by atoms with van der Waals surface area (Å²) >= 11 is 0. The van der Waals surface area contributed by atoms with Gasteiger partial charge in [-0.2, -0.15) is 0 Å². The monoisotopic (exact) mass is 1430 g/mol. The van der Waals surface area contributed by atoms with Crippen molar-refractivity contribution in [2.75, 3.05) is 0 Å². The van der Waals surface area contributed by atoms with Crippen molar-refractivity contribution >= 4 is 87.7 Å². The van der Waals surface area contributed by atoms with Crippen molar-refractivity contribution in [1.29, 1.82) is 0 Å². The second kappa shape index (κ2) is 27.6. The van der Waals surface area contributed by atoms with Crippen molar-refractivity contribution in [3.63, 3.8) is 0 Å². The van der Waals surface area contributed by atoms with E-state index in [4.69, 9.17) is 28.8 Å². The predicted octanol–water partition coefficient (Wildman–Crippen LogP) is 27.6. The van der Waals surface area contributed by atoms with Crippen molar-refractivity contribution in [3.8, 4) is 123 Å². The molecule has 0 aliphatic rings. The Bertz CT molecular complexity index is 7350. The average Bonchev–Trinajstić information content (AvgIpc) is 1.61. The van der Waals surface area contributed by atoms with Crippen LogP contribution in [0.4, 0.5) is 0 Å². The molecular formula is C104H66N6O2. The smallest absolute Gasteiger partial charge is 0.180 e. The molecule has 0 radical (unpaired) electrons. The summed E-state index contributed by atoms with van der Waals surface area (Å²) in [7, 11) is 0. The van der Waals surface area contributed by atoms with Crippen LogP contribution in [0.2, 0.25) is 0 Å². The molecule has 0 bridgehead atoms. The van der Waals surface area contributed by atoms with Gasteiger partial charge in [0.15, 0.2) is 22.8 Å². The van der Waals surface area contributed by atoms with E-state index in [0.717, 1.165) is 139 Å². The molecule has 22 aromatic rings. The lowest BCUT2D eigenvalue weighted by Gasteiger charge is -2.12. The molecule has 6 heterocycles. The minimum atomic E-state index is 0.662. The molecule has 0 atom stereocenters. The highest BCUT2D eigenvalue weighted by Gasteiger charge is 2.25. The highest BCUT2D eigenvalue weighted by Crippen LogP contribution is 2.46. The largest absolute Gasteiger partial charge is 0.451 e. The number of aromatic nitrogens is 6. The lowest BCUT2D eigenvalue weighted by molar-refractivity contribution is 0.668. The number of hydrogen-bond acceptors (Lipinski definition) is 6. The second-order valence-electron chi connectivity index (χ2n) is 28.3. The van der Waals surface area contributed by atoms with Crippen molar-refractivity contribution in [2.24, 2.45) is 0 Å². The molecule has 0 saturated carbocycles. The number of fused-ring (bicyclic) bond motifs is 12. The fourth-order valence-corrected chi connectivity index (χ4v) is 16.4. The first kappa shape index (κ1) is 65.2. The van der Waals surface area contributed by atoms with E-state index < -0.39 is 0 Å². The Balaban J connectivity index is 0.000000141. The zero-order valence-electron chi connectivity index (χ0n) is 60.6. The van der Waals surface area contributed by atoms with Gasteiger partial charge in [0.25, 0.3) is 0 Å². The standard InChI is InChI=1S/2C52H33N3O/c1-4-16-34(17-5-1)36-20-12-23-39(32-36)47-51-48(54-52(53-47)35-18-6-2-7-19-35)45-30-15-28-42(50(45)56-51)38-22-13-21-37(33-38)41-27-14-29-44-43-26-10-11-31-46(43)55(49(41)44)40-24-8-3-9-25-40;1-4-15-34(16-5-1)36-19-13-22-40(32-36)48-51-49(54-52(53-48)35-17-6-2-7-18-35)45-27-14-26-42(50(45)56-51)39-21-12-20-37(31-39)38-29-30-44-43-25-10-11-28-46(43)55(47(44)33-38)41-23-8-3-9-24-41/h2*1-33H. The van der Waals surface area contributed by atoms with E-state index in [-0.39, 0.29) is 0 Å². The van der Waals surface area contributed by atoms with Crippen LogP contribution in [0, 0.1) is 0 Å². The maximum absolute atomic E-state index is 6.96. The molecule has 0 aliphatic heterocycles. The van der Waals surface area contributed by atoms with Gasteiger partial charge in [-0.1, -0.05) is 322 Å². The first-order valence-electron chi connectivity index (χ1n) is 37.8. The molecule has 0 N–H and O–H groups in total. The van der Waals surface area contributed by atoms with Crippen molar-refractivity contribution in [3.05, 3.63) is 400 Å². The Morgan fingerprint density at radius 2 is 0.509 bits per heavy atom. The normalized spacial score (nSPS) is 11.6. The molecule has 0 unspecified atom stereocenters. The number of hydrogen-bond donors (Lipinski definition) is 0. The quantitative estimate of drug-likeness (QED) is 0.121. The number of benzene rings is 16. The molecule has 16 aromatic carbocycles. The zero-order chi connectivity index (χ0) is 74.0. The lowest BCUT2D eigenvalue weighted by Crippen LogP contribution is -1.95. The van der Waals surface area contributed by atoms with Gasteiger partial charge in [-0.3, -0.25) is 0 Å². The Hall–Kier alpha value is -15.1. The number of rotatable bonds is 12. The van der Waals surface area contributed by atoms with Crippen LogP contribution in [0.5, 0.6) is 0 Å². The summed E-state index contributed by atoms with van der Waals surface area (Å²) in [6.07, 6.45) is 0. The van der Waals surface area contributed by atoms with Crippen molar-refractivity contribution in [2.45, 2.75) is 0 Å². The van der Waals surface area contributed by atoms with E-state index in [0.29, 0.717) is 22.8 Å². The van der Waals surface area contributed by atoms with E-state index in [9.17, 15) is 0 Å². The molecule has 0 saturated heterocycles. The van der Waals surface area contributed by atoms with Gasteiger partial charge in [0.2, 0.25) is 0 Å². The Labute approximate surface area is 645 Å². The van der Waals surface area contributed by atoms with Gasteiger partial charge in [0, 0.05) is 82.6 Å². The number of para-hydroxylation sites is 7. The van der Waals surface area contributed by atoms with Crippen molar-refractivity contribution < 1.29 is 8.83 Å². The van der Waals surface area contributed by atoms with Gasteiger partial charge in [0.05, 0.1) is 22.1 Å². The Morgan fingerprint density at radius 1 is 0.188 bits per heavy atom. The first-order valence-corrected chi connectivity index (χ1v) is 37.8. The van der Waals surface area contributed by atoms with Crippen LogP contribution in [0.3, 0.4) is 0 Å². The molecule has 0 fully saturated rings. The topological polar surface area (TPSA) is 87.7 Å². The summed E-state index contributed by atoms with van der Waals surface area (Å²) in [4.78, 5) is 20.8. The minimum absolute atomic E-state index is 0.662. The molecular weight excluding hydrogens is 1370 g/mol. The molecule has 6 aromatic heterocycles. The minimum Gasteiger partial charge on any atom is -0.451 e. The van der Waals surface area contributed by atoms with Crippen LogP contribution < -0.4 is 0 Å². The molecule has 22 rings (SSSR count). The van der Waals surface area contributed by atoms with E-state index in [1.807, 2.05) is 48.5 Å². The van der Waals surface area contributed by atoms with Crippen LogP contribution in [0.15, 0.2) is 409 Å². The third-order valence-electron chi connectivity index (χ3n) is 21.6. The summed E-state index contributed by atoms with van der Waals surface area (Å²) in [6.45, 7) is 0. The number of furan rings is 2. The summed E-state index contributed by atoms with van der Waals surface area (Å²) in [5.41, 5.74) is 30.2. The van der Waals surface area contributed by atoms with Crippen LogP contribution in [0.25, 0.3) is 211 Å². The van der Waals surface area contributed by atoms with Gasteiger partial charge in [-0.25, -0.2) is 19.9 Å². The third kappa shape index (κ3) is 11.5. The van der Waals surface area contributed by atoms with E-state index in [1.165, 1.54) is 49.2 Å². The van der Waals surface area contributed by atoms with Crippen LogP contribution in [-0.2, 0) is 0 Å². The van der Waals surface area contributed by atoms with Crippen LogP contribution in [-0.4, -0.2) is 29.1 Å². The maximum Gasteiger partial charge on any atom is 0.180 e. The fraction of sp³-hybridized carbons (Fsp3) is 0. The highest BCUT2D eigenvalue weighted by atomic mass is 16.3. The van der Waals surface area contributed by atoms with Gasteiger partial charge in [0.1, 0.15) is 33.6 Å². The molecule has 8 nitrogen and oxygen atoms in total. The molecule has 0 spiro atoms. The molecule has 112 heavy (non-hydrogen) atoms. The summed E-state index contributed by atoms with van der Waals surface area (Å²) in [5.74, 6) is 1.33. The Morgan fingerprint density at radius 3 is 1.01 bits per heavy atom. The van der Waals surface area contributed by atoms with Crippen molar-refractivity contribution in [1.82, 2.24) is 29.1 Å². The molecule has 0 aliphatic carbocycles. The van der Waals surface area contributed by atoms with Crippen LogP contribution >= 0.6 is 0 Å². The van der Waals surface area contributed by atoms with Crippen LogP contribution in [0.1, 0.15) is 0 Å². The summed E-state index contributed by atoms with van der Waals surface area (Å²) < 4.78 is 18.7. The third-order valence-corrected chi connectivity index (χ3v) is 21.6. The zero-order valence-corrected chi connectivity index (χ0v) is 60.6. The van der Waals surface area contributed by atoms with Gasteiger partial charge >= 0.3 is 0 Å². The van der Waals surface area contributed by atoms with Gasteiger partial charge < -0.3 is 18.0 Å². The predicted molar refractivity (Wildman–Crippen MR) is 462 cm³/mol. The first-order chi connectivity index (χ1) is 55.5. The van der Waals surface area contributed by atoms with Gasteiger partial charge in [-0.05, 0) is 129 Å². The fourth-order valence-electron chi connectivity index (χ4n) is 16.4. The molecule has 8 heteroatoms.